The number of carboxylic acids is 1. The summed E-state index contributed by atoms with van der Waals surface area (Å²) < 4.78 is 18.0. The third-order valence-corrected chi connectivity index (χ3v) is 1.86. The van der Waals surface area contributed by atoms with Crippen LogP contribution in [0, 0.1) is 17.1 Å². The van der Waals surface area contributed by atoms with E-state index in [1.165, 1.54) is 0 Å². The van der Waals surface area contributed by atoms with Crippen LogP contribution in [0.4, 0.5) is 4.39 Å². The molecule has 0 aromatic heterocycles. The number of nitriles is 1. The Labute approximate surface area is 91.9 Å². The minimum Gasteiger partial charge on any atom is -0.493 e. The Morgan fingerprint density at radius 2 is 2.31 bits per heavy atom. The van der Waals surface area contributed by atoms with Gasteiger partial charge >= 0.3 is 5.97 Å². The third kappa shape index (κ3) is 3.24. The lowest BCUT2D eigenvalue weighted by Gasteiger charge is -2.07. The normalized spacial score (nSPS) is 9.50. The Bertz CT molecular complexity index is 426. The summed E-state index contributed by atoms with van der Waals surface area (Å²) in [6.45, 7) is 0.192. The Kier molecular flexibility index (Phi) is 4.28. The highest BCUT2D eigenvalue weighted by molar-refractivity contribution is 5.90. The molecule has 0 aliphatic heterocycles. The molecule has 1 N–H and O–H groups in total. The predicted octanol–water partition coefficient (Wildman–Crippen LogP) is 2.21. The molecule has 0 unspecified atom stereocenters. The van der Waals surface area contributed by atoms with Gasteiger partial charge in [-0.3, -0.25) is 0 Å². The first-order valence-corrected chi connectivity index (χ1v) is 4.67. The van der Waals surface area contributed by atoms with Crippen LogP contribution in [0.5, 0.6) is 5.75 Å². The Morgan fingerprint density at radius 1 is 1.56 bits per heavy atom. The minimum atomic E-state index is -1.17. The first-order chi connectivity index (χ1) is 7.65. The zero-order chi connectivity index (χ0) is 12.0. The van der Waals surface area contributed by atoms with Gasteiger partial charge in [-0.25, -0.2) is 9.18 Å². The summed E-state index contributed by atoms with van der Waals surface area (Å²) >= 11 is 0. The minimum absolute atomic E-state index is 0.00885. The van der Waals surface area contributed by atoms with Crippen LogP contribution in [0.2, 0.25) is 0 Å². The topological polar surface area (TPSA) is 70.3 Å². The Hall–Kier alpha value is -2.09. The molecule has 16 heavy (non-hydrogen) atoms. The molecule has 0 aliphatic carbocycles. The maximum atomic E-state index is 12.9. The van der Waals surface area contributed by atoms with Crippen molar-refractivity contribution >= 4 is 5.97 Å². The molecule has 0 fully saturated rings. The second-order valence-electron chi connectivity index (χ2n) is 3.06. The van der Waals surface area contributed by atoms with Crippen LogP contribution in [0.25, 0.3) is 0 Å². The quantitative estimate of drug-likeness (QED) is 0.777. The van der Waals surface area contributed by atoms with E-state index in [1.54, 1.807) is 0 Å². The molecule has 0 bridgehead atoms. The fourth-order valence-corrected chi connectivity index (χ4v) is 1.13. The van der Waals surface area contributed by atoms with Crippen LogP contribution in [-0.4, -0.2) is 17.7 Å². The summed E-state index contributed by atoms with van der Waals surface area (Å²) in [5.41, 5.74) is -0.0849. The number of halogens is 1. The standard InChI is InChI=1S/C11H10FNO3/c12-8-3-4-9(11(14)15)10(7-8)16-6-2-1-5-13/h3-4,7H,1-2,6H2,(H,14,15). The molecule has 0 atom stereocenters. The van der Waals surface area contributed by atoms with Gasteiger partial charge in [-0.15, -0.1) is 0 Å². The van der Waals surface area contributed by atoms with Crippen molar-refractivity contribution in [2.24, 2.45) is 0 Å². The van der Waals surface area contributed by atoms with E-state index in [2.05, 4.69) is 0 Å². The van der Waals surface area contributed by atoms with Crippen molar-refractivity contribution in [3.8, 4) is 11.8 Å². The van der Waals surface area contributed by atoms with Gasteiger partial charge in [0.1, 0.15) is 17.1 Å². The van der Waals surface area contributed by atoms with E-state index in [0.717, 1.165) is 18.2 Å². The number of benzene rings is 1. The van der Waals surface area contributed by atoms with Gasteiger partial charge in [0.15, 0.2) is 0 Å². The van der Waals surface area contributed by atoms with Crippen LogP contribution in [-0.2, 0) is 0 Å². The number of hydrogen-bond acceptors (Lipinski definition) is 3. The number of aromatic carboxylic acids is 1. The fourth-order valence-electron chi connectivity index (χ4n) is 1.13. The van der Waals surface area contributed by atoms with E-state index >= 15 is 0 Å². The monoisotopic (exact) mass is 223 g/mol. The zero-order valence-corrected chi connectivity index (χ0v) is 8.44. The molecule has 1 aromatic carbocycles. The summed E-state index contributed by atoms with van der Waals surface area (Å²) in [6, 6.07) is 5.17. The highest BCUT2D eigenvalue weighted by Gasteiger charge is 2.11. The van der Waals surface area contributed by atoms with Gasteiger partial charge in [-0.1, -0.05) is 0 Å². The Morgan fingerprint density at radius 3 is 2.94 bits per heavy atom. The first kappa shape index (κ1) is 12.0. The van der Waals surface area contributed by atoms with Crippen molar-refractivity contribution in [1.29, 1.82) is 5.26 Å². The molecule has 0 saturated carbocycles. The fraction of sp³-hybridized carbons (Fsp3) is 0.273. The lowest BCUT2D eigenvalue weighted by atomic mass is 10.2. The molecular weight excluding hydrogens is 213 g/mol. The number of ether oxygens (including phenoxy) is 1. The molecule has 4 nitrogen and oxygen atoms in total. The van der Waals surface area contributed by atoms with Crippen LogP contribution < -0.4 is 4.74 Å². The van der Waals surface area contributed by atoms with Crippen molar-refractivity contribution in [2.45, 2.75) is 12.8 Å². The summed E-state index contributed by atoms with van der Waals surface area (Å²) in [4.78, 5) is 10.8. The number of carbonyl (C=O) groups is 1. The number of carboxylic acid groups (broad SMARTS) is 1. The van der Waals surface area contributed by atoms with Crippen molar-refractivity contribution in [3.05, 3.63) is 29.6 Å². The van der Waals surface area contributed by atoms with Gasteiger partial charge in [0.2, 0.25) is 0 Å². The summed E-state index contributed by atoms with van der Waals surface area (Å²) in [6.07, 6.45) is 0.795. The second kappa shape index (κ2) is 5.71. The lowest BCUT2D eigenvalue weighted by molar-refractivity contribution is 0.0692. The third-order valence-electron chi connectivity index (χ3n) is 1.86. The number of nitrogens with zero attached hydrogens (tertiary/aromatic N) is 1. The van der Waals surface area contributed by atoms with E-state index in [-0.39, 0.29) is 17.9 Å². The van der Waals surface area contributed by atoms with Gasteiger partial charge in [0, 0.05) is 12.5 Å². The van der Waals surface area contributed by atoms with Gasteiger partial charge in [-0.05, 0) is 18.6 Å². The molecule has 0 heterocycles. The van der Waals surface area contributed by atoms with Gasteiger partial charge < -0.3 is 9.84 Å². The van der Waals surface area contributed by atoms with Gasteiger partial charge in [-0.2, -0.15) is 5.26 Å². The summed E-state index contributed by atoms with van der Waals surface area (Å²) in [5.74, 6) is -1.74. The second-order valence-corrected chi connectivity index (χ2v) is 3.06. The van der Waals surface area contributed by atoms with Crippen LogP contribution in [0.1, 0.15) is 23.2 Å². The van der Waals surface area contributed by atoms with E-state index in [1.807, 2.05) is 6.07 Å². The largest absolute Gasteiger partial charge is 0.493 e. The molecule has 0 saturated heterocycles. The van der Waals surface area contributed by atoms with Gasteiger partial charge in [0.25, 0.3) is 0 Å². The molecule has 1 aromatic rings. The van der Waals surface area contributed by atoms with Crippen molar-refractivity contribution < 1.29 is 19.0 Å². The van der Waals surface area contributed by atoms with E-state index < -0.39 is 11.8 Å². The predicted molar refractivity (Wildman–Crippen MR) is 53.7 cm³/mol. The molecule has 0 amide bonds. The molecule has 0 radical (unpaired) electrons. The first-order valence-electron chi connectivity index (χ1n) is 4.67. The van der Waals surface area contributed by atoms with Crippen LogP contribution in [0.15, 0.2) is 18.2 Å². The summed E-state index contributed by atoms with van der Waals surface area (Å²) in [5, 5.41) is 17.1. The zero-order valence-electron chi connectivity index (χ0n) is 8.44. The van der Waals surface area contributed by atoms with E-state index in [9.17, 15) is 9.18 Å². The van der Waals surface area contributed by atoms with Crippen molar-refractivity contribution in [1.82, 2.24) is 0 Å². The molecule has 0 aliphatic rings. The Balaban J connectivity index is 2.73. The molecule has 5 heteroatoms. The highest BCUT2D eigenvalue weighted by atomic mass is 19.1. The molecule has 84 valence electrons. The molecular formula is C11H10FNO3. The maximum absolute atomic E-state index is 12.9. The van der Waals surface area contributed by atoms with E-state index in [0.29, 0.717) is 12.8 Å². The van der Waals surface area contributed by atoms with Crippen molar-refractivity contribution in [3.63, 3.8) is 0 Å². The van der Waals surface area contributed by atoms with Crippen LogP contribution >= 0.6 is 0 Å². The maximum Gasteiger partial charge on any atom is 0.339 e. The molecule has 1 rings (SSSR count). The number of rotatable bonds is 5. The average molecular weight is 223 g/mol. The highest BCUT2D eigenvalue weighted by Crippen LogP contribution is 2.20. The summed E-state index contributed by atoms with van der Waals surface area (Å²) in [7, 11) is 0. The smallest absolute Gasteiger partial charge is 0.339 e. The number of unbranched alkanes of at least 4 members (excludes halogenated alkanes) is 1. The SMILES string of the molecule is N#CCCCOc1cc(F)ccc1C(=O)O. The molecule has 0 spiro atoms. The average Bonchev–Trinajstić information content (AvgIpc) is 2.24. The lowest BCUT2D eigenvalue weighted by Crippen LogP contribution is -2.04. The van der Waals surface area contributed by atoms with Crippen molar-refractivity contribution in [2.75, 3.05) is 6.61 Å². The van der Waals surface area contributed by atoms with Crippen LogP contribution in [0.3, 0.4) is 0 Å². The van der Waals surface area contributed by atoms with E-state index in [4.69, 9.17) is 15.1 Å². The van der Waals surface area contributed by atoms with Gasteiger partial charge in [0.05, 0.1) is 12.7 Å². The number of hydrogen-bond donors (Lipinski definition) is 1.